The summed E-state index contributed by atoms with van der Waals surface area (Å²) in [6.07, 6.45) is 3.67. The third-order valence-corrected chi connectivity index (χ3v) is 2.99. The van der Waals surface area contributed by atoms with Gasteiger partial charge in [0.1, 0.15) is 6.04 Å². The summed E-state index contributed by atoms with van der Waals surface area (Å²) < 4.78 is 4.96. The number of nitrogens with one attached hydrogen (secondary N) is 1. The highest BCUT2D eigenvalue weighted by Gasteiger charge is 2.13. The monoisotopic (exact) mass is 258 g/mol. The van der Waals surface area contributed by atoms with Gasteiger partial charge in [0.15, 0.2) is 0 Å². The van der Waals surface area contributed by atoms with Crippen molar-refractivity contribution in [1.29, 1.82) is 0 Å². The highest BCUT2D eigenvalue weighted by atomic mass is 16.5. The molecule has 0 aliphatic carbocycles. The second-order valence-corrected chi connectivity index (χ2v) is 4.37. The van der Waals surface area contributed by atoms with Gasteiger partial charge in [-0.3, -0.25) is 9.78 Å². The molecule has 1 aromatic carbocycles. The minimum atomic E-state index is -0.320. The predicted octanol–water partition coefficient (Wildman–Crippen LogP) is 2.28. The summed E-state index contributed by atoms with van der Waals surface area (Å²) in [4.78, 5) is 15.7. The molecule has 0 spiro atoms. The molecule has 0 bridgehead atoms. The van der Waals surface area contributed by atoms with Crippen molar-refractivity contribution in [3.8, 4) is 0 Å². The molecule has 1 aromatic heterocycles. The van der Waals surface area contributed by atoms with Gasteiger partial charge in [0.2, 0.25) is 0 Å². The summed E-state index contributed by atoms with van der Waals surface area (Å²) in [6, 6.07) is 7.76. The zero-order chi connectivity index (χ0) is 13.7. The van der Waals surface area contributed by atoms with Gasteiger partial charge in [0.25, 0.3) is 0 Å². The van der Waals surface area contributed by atoms with Crippen LogP contribution in [0.3, 0.4) is 0 Å². The van der Waals surface area contributed by atoms with Crippen molar-refractivity contribution in [1.82, 2.24) is 10.3 Å². The zero-order valence-electron chi connectivity index (χ0n) is 11.2. The summed E-state index contributed by atoms with van der Waals surface area (Å²) in [5.74, 6) is -0.226. The molecule has 2 rings (SSSR count). The van der Waals surface area contributed by atoms with Crippen molar-refractivity contribution < 1.29 is 9.53 Å². The van der Waals surface area contributed by atoms with Gasteiger partial charge < -0.3 is 10.1 Å². The van der Waals surface area contributed by atoms with Gasteiger partial charge in [0, 0.05) is 24.3 Å². The maximum absolute atomic E-state index is 11.5. The Morgan fingerprint density at radius 3 is 2.95 bits per heavy atom. The molecule has 0 radical (unpaired) electrons. The standard InChI is InChI=1S/C15H18N2O2/c1-3-19-15(18)11(2)17-10-13-9-16-8-12-6-4-5-7-14(12)13/h4-9,11,17H,3,10H2,1-2H3. The Hall–Kier alpha value is -1.94. The van der Waals surface area contributed by atoms with Gasteiger partial charge in [-0.15, -0.1) is 0 Å². The lowest BCUT2D eigenvalue weighted by atomic mass is 10.1. The number of carbonyl (C=O) groups is 1. The first-order valence-electron chi connectivity index (χ1n) is 6.44. The molecular weight excluding hydrogens is 240 g/mol. The van der Waals surface area contributed by atoms with Gasteiger partial charge in [-0.25, -0.2) is 0 Å². The highest BCUT2D eigenvalue weighted by molar-refractivity contribution is 5.84. The van der Waals surface area contributed by atoms with E-state index in [9.17, 15) is 4.79 Å². The largest absolute Gasteiger partial charge is 0.465 e. The maximum Gasteiger partial charge on any atom is 0.322 e. The van der Waals surface area contributed by atoms with E-state index < -0.39 is 0 Å². The fraction of sp³-hybridized carbons (Fsp3) is 0.333. The number of carbonyl (C=O) groups excluding carboxylic acids is 1. The predicted molar refractivity (Wildman–Crippen MR) is 74.7 cm³/mol. The number of rotatable bonds is 5. The van der Waals surface area contributed by atoms with Gasteiger partial charge in [-0.1, -0.05) is 24.3 Å². The topological polar surface area (TPSA) is 51.2 Å². The molecule has 0 aliphatic heterocycles. The Morgan fingerprint density at radius 1 is 1.37 bits per heavy atom. The second kappa shape index (κ2) is 6.29. The number of benzene rings is 1. The molecule has 1 atom stereocenters. The average molecular weight is 258 g/mol. The van der Waals surface area contributed by atoms with Crippen LogP contribution in [0.4, 0.5) is 0 Å². The van der Waals surface area contributed by atoms with Crippen molar-refractivity contribution in [2.45, 2.75) is 26.4 Å². The lowest BCUT2D eigenvalue weighted by Crippen LogP contribution is -2.34. The van der Waals surface area contributed by atoms with Crippen LogP contribution in [0.1, 0.15) is 19.4 Å². The molecule has 1 N–H and O–H groups in total. The van der Waals surface area contributed by atoms with Gasteiger partial charge in [-0.05, 0) is 24.8 Å². The molecule has 1 unspecified atom stereocenters. The molecule has 0 aliphatic rings. The molecule has 2 aromatic rings. The fourth-order valence-electron chi connectivity index (χ4n) is 1.93. The van der Waals surface area contributed by atoms with Crippen LogP contribution in [-0.2, 0) is 16.1 Å². The fourth-order valence-corrected chi connectivity index (χ4v) is 1.93. The molecule has 1 heterocycles. The smallest absolute Gasteiger partial charge is 0.322 e. The molecule has 4 nitrogen and oxygen atoms in total. The number of pyridine rings is 1. The first-order chi connectivity index (χ1) is 9.22. The van der Waals surface area contributed by atoms with E-state index in [1.54, 1.807) is 13.8 Å². The van der Waals surface area contributed by atoms with Crippen LogP contribution in [0.2, 0.25) is 0 Å². The van der Waals surface area contributed by atoms with E-state index in [1.165, 1.54) is 0 Å². The highest BCUT2D eigenvalue weighted by Crippen LogP contribution is 2.16. The van der Waals surface area contributed by atoms with E-state index in [-0.39, 0.29) is 12.0 Å². The number of nitrogens with zero attached hydrogens (tertiary/aromatic N) is 1. The summed E-state index contributed by atoms with van der Waals surface area (Å²) in [6.45, 7) is 4.60. The second-order valence-electron chi connectivity index (χ2n) is 4.37. The SMILES string of the molecule is CCOC(=O)C(C)NCc1cncc2ccccc12. The number of fused-ring (bicyclic) bond motifs is 1. The van der Waals surface area contributed by atoms with Gasteiger partial charge >= 0.3 is 5.97 Å². The summed E-state index contributed by atoms with van der Waals surface area (Å²) in [5.41, 5.74) is 1.08. The minimum Gasteiger partial charge on any atom is -0.465 e. The van der Waals surface area contributed by atoms with E-state index in [4.69, 9.17) is 4.74 Å². The van der Waals surface area contributed by atoms with Crippen LogP contribution in [0, 0.1) is 0 Å². The molecule has 0 amide bonds. The maximum atomic E-state index is 11.5. The van der Waals surface area contributed by atoms with Crippen molar-refractivity contribution in [2.75, 3.05) is 6.61 Å². The molecule has 0 fully saturated rings. The number of esters is 1. The van der Waals surface area contributed by atoms with Gasteiger partial charge in [-0.2, -0.15) is 0 Å². The molecule has 100 valence electrons. The molecule has 4 heteroatoms. The first-order valence-corrected chi connectivity index (χ1v) is 6.44. The zero-order valence-corrected chi connectivity index (χ0v) is 11.2. The van der Waals surface area contributed by atoms with Crippen molar-refractivity contribution in [3.05, 3.63) is 42.2 Å². The quantitative estimate of drug-likeness (QED) is 0.836. The molecular formula is C15H18N2O2. The van der Waals surface area contributed by atoms with Crippen molar-refractivity contribution in [2.24, 2.45) is 0 Å². The Morgan fingerprint density at radius 2 is 2.16 bits per heavy atom. The lowest BCUT2D eigenvalue weighted by Gasteiger charge is -2.13. The van der Waals surface area contributed by atoms with Crippen LogP contribution >= 0.6 is 0 Å². The molecule has 0 saturated carbocycles. The summed E-state index contributed by atoms with van der Waals surface area (Å²) >= 11 is 0. The van der Waals surface area contributed by atoms with Gasteiger partial charge in [0.05, 0.1) is 6.61 Å². The lowest BCUT2D eigenvalue weighted by molar-refractivity contribution is -0.145. The number of hydrogen-bond acceptors (Lipinski definition) is 4. The number of aromatic nitrogens is 1. The summed E-state index contributed by atoms with van der Waals surface area (Å²) in [5, 5.41) is 5.42. The third kappa shape index (κ3) is 3.29. The number of hydrogen-bond donors (Lipinski definition) is 1. The molecule has 0 saturated heterocycles. The molecule has 19 heavy (non-hydrogen) atoms. The van der Waals surface area contributed by atoms with E-state index in [2.05, 4.69) is 16.4 Å². The Kier molecular flexibility index (Phi) is 4.47. The normalized spacial score (nSPS) is 12.3. The van der Waals surface area contributed by atoms with Crippen LogP contribution in [0.25, 0.3) is 10.8 Å². The van der Waals surface area contributed by atoms with Crippen LogP contribution in [0.5, 0.6) is 0 Å². The summed E-state index contributed by atoms with van der Waals surface area (Å²) in [7, 11) is 0. The Bertz CT molecular complexity index is 564. The van der Waals surface area contributed by atoms with Crippen molar-refractivity contribution >= 4 is 16.7 Å². The Balaban J connectivity index is 2.08. The minimum absolute atomic E-state index is 0.226. The van der Waals surface area contributed by atoms with E-state index in [0.717, 1.165) is 16.3 Å². The van der Waals surface area contributed by atoms with Crippen LogP contribution in [-0.4, -0.2) is 23.6 Å². The van der Waals surface area contributed by atoms with Crippen LogP contribution < -0.4 is 5.32 Å². The Labute approximate surface area is 112 Å². The van der Waals surface area contributed by atoms with Crippen molar-refractivity contribution in [3.63, 3.8) is 0 Å². The third-order valence-electron chi connectivity index (χ3n) is 2.99. The number of ether oxygens (including phenoxy) is 1. The van der Waals surface area contributed by atoms with E-state index >= 15 is 0 Å². The van der Waals surface area contributed by atoms with Crippen LogP contribution in [0.15, 0.2) is 36.7 Å². The van der Waals surface area contributed by atoms with E-state index in [1.807, 2.05) is 30.6 Å². The first kappa shape index (κ1) is 13.5. The average Bonchev–Trinajstić information content (AvgIpc) is 2.45. The van der Waals surface area contributed by atoms with E-state index in [0.29, 0.717) is 13.2 Å².